The van der Waals surface area contributed by atoms with Crippen molar-refractivity contribution in [1.29, 1.82) is 0 Å². The number of carbonyl (C=O) groups excluding carboxylic acids is 1. The van der Waals surface area contributed by atoms with E-state index in [0.29, 0.717) is 24.8 Å². The molecule has 3 rings (SSSR count). The van der Waals surface area contributed by atoms with Crippen molar-refractivity contribution in [3.05, 3.63) is 101 Å². The normalized spacial score (nSPS) is 10.8. The molecule has 0 heterocycles. The van der Waals surface area contributed by atoms with Crippen LogP contribution in [-0.4, -0.2) is 31.0 Å². The maximum Gasteiger partial charge on any atom is 0.246 e. The van der Waals surface area contributed by atoms with E-state index in [1.165, 1.54) is 0 Å². The molecule has 0 atom stereocenters. The Morgan fingerprint density at radius 1 is 0.906 bits per heavy atom. The van der Waals surface area contributed by atoms with E-state index >= 15 is 0 Å². The second kappa shape index (κ2) is 12.6. The summed E-state index contributed by atoms with van der Waals surface area (Å²) in [5, 5.41) is 0.692. The molecule has 1 amide bonds. The van der Waals surface area contributed by atoms with Gasteiger partial charge in [0.2, 0.25) is 5.91 Å². The number of likely N-dealkylation sites (N-methyl/N-ethyl adjacent to an activating group) is 1. The van der Waals surface area contributed by atoms with Crippen LogP contribution in [0, 0.1) is 0 Å². The molecule has 0 N–H and O–H groups in total. The van der Waals surface area contributed by atoms with Crippen molar-refractivity contribution in [3.8, 4) is 11.5 Å². The number of unbranched alkanes of at least 4 members (excludes halogenated alkanes) is 1. The van der Waals surface area contributed by atoms with Gasteiger partial charge in [-0.1, -0.05) is 54.1 Å². The predicted octanol–water partition coefficient (Wildman–Crippen LogP) is 6.25. The number of nitrogens with zero attached hydrogens (tertiary/aromatic N) is 1. The molecule has 0 bridgehead atoms. The number of hydrogen-bond donors (Lipinski definition) is 0. The van der Waals surface area contributed by atoms with Crippen molar-refractivity contribution in [3.63, 3.8) is 0 Å². The Balaban J connectivity index is 1.38. The molecule has 0 saturated heterocycles. The van der Waals surface area contributed by atoms with Crippen LogP contribution in [0.2, 0.25) is 5.02 Å². The van der Waals surface area contributed by atoms with Crippen molar-refractivity contribution in [1.82, 2.24) is 4.90 Å². The highest BCUT2D eigenvalue weighted by Gasteiger charge is 2.05. The average Bonchev–Trinajstić information content (AvgIpc) is 2.83. The van der Waals surface area contributed by atoms with Crippen LogP contribution in [0.5, 0.6) is 11.5 Å². The van der Waals surface area contributed by atoms with E-state index in [0.717, 1.165) is 35.5 Å². The summed E-state index contributed by atoms with van der Waals surface area (Å²) < 4.78 is 11.5. The van der Waals surface area contributed by atoms with Gasteiger partial charge in [0, 0.05) is 24.7 Å². The standard InChI is InChI=1S/C27H28ClNO3/c1-29(18-5-6-19-31-25-15-13-24(28)14-16-25)27(30)17-12-22-10-7-11-26(20-22)32-21-23-8-3-2-4-9-23/h2-4,7-17,20H,5-6,18-19,21H2,1H3/b17-12+. The van der Waals surface area contributed by atoms with Gasteiger partial charge in [0.15, 0.2) is 0 Å². The topological polar surface area (TPSA) is 38.8 Å². The number of halogens is 1. The van der Waals surface area contributed by atoms with Crippen molar-refractivity contribution in [2.24, 2.45) is 0 Å². The molecular weight excluding hydrogens is 422 g/mol. The van der Waals surface area contributed by atoms with Gasteiger partial charge >= 0.3 is 0 Å². The summed E-state index contributed by atoms with van der Waals surface area (Å²) in [5.74, 6) is 1.55. The Bertz CT molecular complexity index is 1000. The van der Waals surface area contributed by atoms with Crippen LogP contribution in [0.25, 0.3) is 6.08 Å². The fourth-order valence-electron chi connectivity index (χ4n) is 3.03. The number of carbonyl (C=O) groups is 1. The molecule has 0 aliphatic heterocycles. The van der Waals surface area contributed by atoms with Crippen LogP contribution in [0.15, 0.2) is 84.9 Å². The van der Waals surface area contributed by atoms with Crippen LogP contribution < -0.4 is 9.47 Å². The second-order valence-electron chi connectivity index (χ2n) is 7.45. The van der Waals surface area contributed by atoms with Crippen LogP contribution in [0.3, 0.4) is 0 Å². The Morgan fingerprint density at radius 3 is 2.47 bits per heavy atom. The molecule has 0 saturated carbocycles. The fraction of sp³-hybridized carbons (Fsp3) is 0.222. The molecule has 3 aromatic carbocycles. The fourth-order valence-corrected chi connectivity index (χ4v) is 3.15. The monoisotopic (exact) mass is 449 g/mol. The molecule has 0 aliphatic carbocycles. The quantitative estimate of drug-likeness (QED) is 0.256. The van der Waals surface area contributed by atoms with Crippen LogP contribution in [0.4, 0.5) is 0 Å². The Morgan fingerprint density at radius 2 is 1.69 bits per heavy atom. The van der Waals surface area contributed by atoms with Gasteiger partial charge in [-0.2, -0.15) is 0 Å². The minimum absolute atomic E-state index is 0.0285. The molecule has 4 nitrogen and oxygen atoms in total. The van der Waals surface area contributed by atoms with Gasteiger partial charge in [-0.05, 0) is 66.4 Å². The van der Waals surface area contributed by atoms with Gasteiger partial charge in [-0.3, -0.25) is 4.79 Å². The van der Waals surface area contributed by atoms with E-state index in [4.69, 9.17) is 21.1 Å². The van der Waals surface area contributed by atoms with E-state index < -0.39 is 0 Å². The van der Waals surface area contributed by atoms with Gasteiger partial charge in [0.25, 0.3) is 0 Å². The smallest absolute Gasteiger partial charge is 0.246 e. The Labute approximate surface area is 195 Å². The third-order valence-electron chi connectivity index (χ3n) is 4.87. The highest BCUT2D eigenvalue weighted by atomic mass is 35.5. The van der Waals surface area contributed by atoms with Crippen molar-refractivity contribution >= 4 is 23.6 Å². The van der Waals surface area contributed by atoms with Gasteiger partial charge in [0.05, 0.1) is 6.61 Å². The summed E-state index contributed by atoms with van der Waals surface area (Å²) in [6, 6.07) is 25.1. The first-order chi connectivity index (χ1) is 15.6. The zero-order valence-corrected chi connectivity index (χ0v) is 19.0. The number of amides is 1. The van der Waals surface area contributed by atoms with Crippen LogP contribution in [0.1, 0.15) is 24.0 Å². The SMILES string of the molecule is CN(CCCCOc1ccc(Cl)cc1)C(=O)/C=C/c1cccc(OCc2ccccc2)c1. The molecule has 0 aromatic heterocycles. The highest BCUT2D eigenvalue weighted by molar-refractivity contribution is 6.30. The minimum Gasteiger partial charge on any atom is -0.494 e. The lowest BCUT2D eigenvalue weighted by Gasteiger charge is -2.15. The van der Waals surface area contributed by atoms with E-state index in [1.807, 2.05) is 79.9 Å². The van der Waals surface area contributed by atoms with Crippen LogP contribution in [-0.2, 0) is 11.4 Å². The summed E-state index contributed by atoms with van der Waals surface area (Å²) in [7, 11) is 1.81. The summed E-state index contributed by atoms with van der Waals surface area (Å²) >= 11 is 5.86. The maximum absolute atomic E-state index is 12.4. The zero-order chi connectivity index (χ0) is 22.6. The molecular formula is C27H28ClNO3. The molecule has 0 spiro atoms. The average molecular weight is 450 g/mol. The number of ether oxygens (including phenoxy) is 2. The molecule has 32 heavy (non-hydrogen) atoms. The number of benzene rings is 3. The van der Waals surface area contributed by atoms with Gasteiger partial charge in [-0.25, -0.2) is 0 Å². The molecule has 166 valence electrons. The number of rotatable bonds is 11. The van der Waals surface area contributed by atoms with Crippen molar-refractivity contribution < 1.29 is 14.3 Å². The van der Waals surface area contributed by atoms with Gasteiger partial charge in [0.1, 0.15) is 18.1 Å². The maximum atomic E-state index is 12.4. The lowest BCUT2D eigenvalue weighted by atomic mass is 10.2. The lowest BCUT2D eigenvalue weighted by molar-refractivity contribution is -0.124. The first-order valence-corrected chi connectivity index (χ1v) is 11.1. The van der Waals surface area contributed by atoms with Crippen LogP contribution >= 0.6 is 11.6 Å². The number of hydrogen-bond acceptors (Lipinski definition) is 3. The third-order valence-corrected chi connectivity index (χ3v) is 5.12. The van der Waals surface area contributed by atoms with E-state index in [2.05, 4.69) is 0 Å². The second-order valence-corrected chi connectivity index (χ2v) is 7.89. The summed E-state index contributed by atoms with van der Waals surface area (Å²) in [6.45, 7) is 1.79. The summed E-state index contributed by atoms with van der Waals surface area (Å²) in [6.07, 6.45) is 5.15. The highest BCUT2D eigenvalue weighted by Crippen LogP contribution is 2.17. The van der Waals surface area contributed by atoms with E-state index in [9.17, 15) is 4.79 Å². The largest absolute Gasteiger partial charge is 0.494 e. The Hall–Kier alpha value is -3.24. The molecule has 5 heteroatoms. The molecule has 3 aromatic rings. The molecule has 0 fully saturated rings. The Kier molecular flexibility index (Phi) is 9.20. The lowest BCUT2D eigenvalue weighted by Crippen LogP contribution is -2.26. The predicted molar refractivity (Wildman–Crippen MR) is 130 cm³/mol. The minimum atomic E-state index is -0.0285. The van der Waals surface area contributed by atoms with E-state index in [1.54, 1.807) is 23.1 Å². The van der Waals surface area contributed by atoms with Crippen molar-refractivity contribution in [2.45, 2.75) is 19.4 Å². The first-order valence-electron chi connectivity index (χ1n) is 10.7. The molecule has 0 unspecified atom stereocenters. The molecule has 0 aliphatic rings. The first kappa shape index (κ1) is 23.4. The van der Waals surface area contributed by atoms with Crippen molar-refractivity contribution in [2.75, 3.05) is 20.2 Å². The third kappa shape index (κ3) is 8.12. The van der Waals surface area contributed by atoms with Gasteiger partial charge < -0.3 is 14.4 Å². The summed E-state index contributed by atoms with van der Waals surface area (Å²) in [4.78, 5) is 14.1. The summed E-state index contributed by atoms with van der Waals surface area (Å²) in [5.41, 5.74) is 2.04. The van der Waals surface area contributed by atoms with E-state index in [-0.39, 0.29) is 5.91 Å². The molecule has 0 radical (unpaired) electrons. The zero-order valence-electron chi connectivity index (χ0n) is 18.2. The van der Waals surface area contributed by atoms with Gasteiger partial charge in [-0.15, -0.1) is 0 Å².